The highest BCUT2D eigenvalue weighted by Gasteiger charge is 2.50. The Morgan fingerprint density at radius 1 is 1.40 bits per heavy atom. The van der Waals surface area contributed by atoms with Crippen LogP contribution in [0.2, 0.25) is 0 Å². The van der Waals surface area contributed by atoms with Crippen LogP contribution < -0.4 is 5.32 Å². The first-order valence-corrected chi connectivity index (χ1v) is 6.39. The first-order chi connectivity index (χ1) is 7.04. The van der Waals surface area contributed by atoms with Gasteiger partial charge in [-0.2, -0.15) is 0 Å². The second kappa shape index (κ2) is 5.31. The van der Waals surface area contributed by atoms with Gasteiger partial charge in [0.05, 0.1) is 6.10 Å². The summed E-state index contributed by atoms with van der Waals surface area (Å²) in [4.78, 5) is 0. The molecule has 0 aromatic heterocycles. The predicted molar refractivity (Wildman–Crippen MR) is 65.1 cm³/mol. The molecule has 0 aliphatic heterocycles. The molecule has 2 heteroatoms. The Hall–Kier alpha value is -0.0800. The van der Waals surface area contributed by atoms with Crippen molar-refractivity contribution in [3.8, 4) is 0 Å². The van der Waals surface area contributed by atoms with Gasteiger partial charge in [-0.1, -0.05) is 27.7 Å². The molecular formula is C13H27NO. The molecule has 0 aromatic rings. The molecule has 2 nitrogen and oxygen atoms in total. The molecule has 1 N–H and O–H groups in total. The Morgan fingerprint density at radius 3 is 2.53 bits per heavy atom. The lowest BCUT2D eigenvalue weighted by atomic mass is 9.61. The largest absolute Gasteiger partial charge is 0.378 e. The molecule has 1 rings (SSSR count). The average Bonchev–Trinajstić information content (AvgIpc) is 2.20. The molecule has 0 bridgehead atoms. The molecule has 1 aliphatic rings. The second-order valence-electron chi connectivity index (χ2n) is 5.39. The van der Waals surface area contributed by atoms with Gasteiger partial charge in [-0.3, -0.25) is 0 Å². The second-order valence-corrected chi connectivity index (χ2v) is 5.39. The zero-order chi connectivity index (χ0) is 11.5. The molecule has 0 saturated heterocycles. The zero-order valence-electron chi connectivity index (χ0n) is 11.0. The minimum absolute atomic E-state index is 0.352. The van der Waals surface area contributed by atoms with Crippen LogP contribution in [0.15, 0.2) is 0 Å². The molecule has 15 heavy (non-hydrogen) atoms. The van der Waals surface area contributed by atoms with Crippen molar-refractivity contribution in [2.45, 2.75) is 59.6 Å². The van der Waals surface area contributed by atoms with E-state index in [2.05, 4.69) is 39.9 Å². The molecule has 90 valence electrons. The van der Waals surface area contributed by atoms with E-state index in [4.69, 9.17) is 4.74 Å². The third-order valence-corrected chi connectivity index (χ3v) is 3.88. The van der Waals surface area contributed by atoms with E-state index in [0.717, 1.165) is 19.1 Å². The van der Waals surface area contributed by atoms with Crippen LogP contribution in [0.4, 0.5) is 0 Å². The highest BCUT2D eigenvalue weighted by Crippen LogP contribution is 2.45. The van der Waals surface area contributed by atoms with E-state index in [0.29, 0.717) is 17.6 Å². The molecule has 0 amide bonds. The summed E-state index contributed by atoms with van der Waals surface area (Å²) in [6.07, 6.45) is 2.86. The van der Waals surface area contributed by atoms with Crippen molar-refractivity contribution < 1.29 is 4.74 Å². The first kappa shape index (κ1) is 13.0. The Morgan fingerprint density at radius 2 is 2.07 bits per heavy atom. The Balaban J connectivity index is 2.42. The molecule has 0 aromatic carbocycles. The van der Waals surface area contributed by atoms with Crippen LogP contribution in [-0.2, 0) is 4.74 Å². The third kappa shape index (κ3) is 2.73. The van der Waals surface area contributed by atoms with E-state index >= 15 is 0 Å². The van der Waals surface area contributed by atoms with Crippen LogP contribution in [-0.4, -0.2) is 25.3 Å². The SMILES string of the molecule is CCOC1CC(NCC(C)C)C1(C)CC. The topological polar surface area (TPSA) is 21.3 Å². The van der Waals surface area contributed by atoms with Gasteiger partial charge in [0.1, 0.15) is 0 Å². The lowest BCUT2D eigenvalue weighted by Gasteiger charge is -2.54. The number of hydrogen-bond donors (Lipinski definition) is 1. The van der Waals surface area contributed by atoms with Gasteiger partial charge in [0.2, 0.25) is 0 Å². The van der Waals surface area contributed by atoms with E-state index in [-0.39, 0.29) is 0 Å². The predicted octanol–water partition coefficient (Wildman–Crippen LogP) is 2.83. The summed E-state index contributed by atoms with van der Waals surface area (Å²) in [6, 6.07) is 0.654. The van der Waals surface area contributed by atoms with Crippen molar-refractivity contribution in [1.82, 2.24) is 5.32 Å². The van der Waals surface area contributed by atoms with Gasteiger partial charge >= 0.3 is 0 Å². The third-order valence-electron chi connectivity index (χ3n) is 3.88. The van der Waals surface area contributed by atoms with Gasteiger partial charge < -0.3 is 10.1 Å². The maximum absolute atomic E-state index is 5.78. The van der Waals surface area contributed by atoms with Crippen molar-refractivity contribution in [3.63, 3.8) is 0 Å². The first-order valence-electron chi connectivity index (χ1n) is 6.39. The number of ether oxygens (including phenoxy) is 1. The highest BCUT2D eigenvalue weighted by molar-refractivity contribution is 5.04. The molecule has 0 radical (unpaired) electrons. The van der Waals surface area contributed by atoms with Gasteiger partial charge in [-0.15, -0.1) is 0 Å². The molecular weight excluding hydrogens is 186 g/mol. The normalized spacial score (nSPS) is 35.6. The Kier molecular flexibility index (Phi) is 4.60. The van der Waals surface area contributed by atoms with E-state index in [1.807, 2.05) is 0 Å². The standard InChI is InChI=1S/C13H27NO/c1-6-13(5)11(14-9-10(3)4)8-12(13)15-7-2/h10-12,14H,6-9H2,1-5H3. The monoisotopic (exact) mass is 213 g/mol. The molecule has 0 spiro atoms. The Labute approximate surface area is 94.8 Å². The summed E-state index contributed by atoms with van der Waals surface area (Å²) in [6.45, 7) is 13.2. The van der Waals surface area contributed by atoms with Crippen molar-refractivity contribution in [2.24, 2.45) is 11.3 Å². The molecule has 1 saturated carbocycles. The van der Waals surface area contributed by atoms with Crippen LogP contribution in [0.1, 0.15) is 47.5 Å². The van der Waals surface area contributed by atoms with E-state index < -0.39 is 0 Å². The quantitative estimate of drug-likeness (QED) is 0.732. The lowest BCUT2D eigenvalue weighted by molar-refractivity contribution is -0.126. The van der Waals surface area contributed by atoms with Crippen molar-refractivity contribution in [3.05, 3.63) is 0 Å². The fourth-order valence-corrected chi connectivity index (χ4v) is 2.44. The summed E-state index contributed by atoms with van der Waals surface area (Å²) >= 11 is 0. The summed E-state index contributed by atoms with van der Waals surface area (Å²) < 4.78 is 5.78. The number of hydrogen-bond acceptors (Lipinski definition) is 2. The van der Waals surface area contributed by atoms with Crippen molar-refractivity contribution >= 4 is 0 Å². The summed E-state index contributed by atoms with van der Waals surface area (Å²) in [5, 5.41) is 3.67. The van der Waals surface area contributed by atoms with Gasteiger partial charge in [0, 0.05) is 18.1 Å². The molecule has 0 heterocycles. The lowest BCUT2D eigenvalue weighted by Crippen LogP contribution is -2.62. The van der Waals surface area contributed by atoms with E-state index in [9.17, 15) is 0 Å². The van der Waals surface area contributed by atoms with Crippen molar-refractivity contribution in [1.29, 1.82) is 0 Å². The zero-order valence-corrected chi connectivity index (χ0v) is 11.0. The summed E-state index contributed by atoms with van der Waals surface area (Å²) in [5.74, 6) is 0.734. The van der Waals surface area contributed by atoms with Crippen molar-refractivity contribution in [2.75, 3.05) is 13.2 Å². The van der Waals surface area contributed by atoms with Crippen LogP contribution in [0.25, 0.3) is 0 Å². The van der Waals surface area contributed by atoms with Gasteiger partial charge in [0.25, 0.3) is 0 Å². The van der Waals surface area contributed by atoms with E-state index in [1.165, 1.54) is 12.8 Å². The summed E-state index contributed by atoms with van der Waals surface area (Å²) in [7, 11) is 0. The van der Waals surface area contributed by atoms with Gasteiger partial charge in [-0.05, 0) is 32.2 Å². The van der Waals surface area contributed by atoms with E-state index in [1.54, 1.807) is 0 Å². The van der Waals surface area contributed by atoms with Gasteiger partial charge in [-0.25, -0.2) is 0 Å². The highest BCUT2D eigenvalue weighted by atomic mass is 16.5. The molecule has 3 atom stereocenters. The van der Waals surface area contributed by atoms with Crippen LogP contribution in [0, 0.1) is 11.3 Å². The van der Waals surface area contributed by atoms with Gasteiger partial charge in [0.15, 0.2) is 0 Å². The minimum atomic E-state index is 0.352. The Bertz CT molecular complexity index is 193. The average molecular weight is 213 g/mol. The maximum atomic E-state index is 5.78. The smallest absolute Gasteiger partial charge is 0.0658 e. The maximum Gasteiger partial charge on any atom is 0.0658 e. The molecule has 1 fully saturated rings. The minimum Gasteiger partial charge on any atom is -0.378 e. The number of rotatable bonds is 6. The number of nitrogens with one attached hydrogen (secondary N) is 1. The fraction of sp³-hybridized carbons (Fsp3) is 1.00. The van der Waals surface area contributed by atoms with Crippen LogP contribution in [0.3, 0.4) is 0 Å². The fourth-order valence-electron chi connectivity index (χ4n) is 2.44. The van der Waals surface area contributed by atoms with Crippen LogP contribution >= 0.6 is 0 Å². The summed E-state index contributed by atoms with van der Waals surface area (Å²) in [5.41, 5.74) is 0.352. The van der Waals surface area contributed by atoms with Crippen LogP contribution in [0.5, 0.6) is 0 Å². The molecule has 1 aliphatic carbocycles. The molecule has 3 unspecified atom stereocenters.